The predicted molar refractivity (Wildman–Crippen MR) is 88.7 cm³/mol. The maximum absolute atomic E-state index is 12.2. The zero-order chi connectivity index (χ0) is 16.4. The van der Waals surface area contributed by atoms with Crippen molar-refractivity contribution in [3.63, 3.8) is 0 Å². The highest BCUT2D eigenvalue weighted by Crippen LogP contribution is 2.51. The quantitative estimate of drug-likeness (QED) is 0.534. The smallest absolute Gasteiger partial charge is 0.308 e. The number of nitrogens with zero attached hydrogens (tertiary/aromatic N) is 1. The van der Waals surface area contributed by atoms with Crippen molar-refractivity contribution >= 4 is 11.9 Å². The van der Waals surface area contributed by atoms with E-state index in [1.165, 1.54) is 25.7 Å². The summed E-state index contributed by atoms with van der Waals surface area (Å²) in [6.07, 6.45) is 9.86. The van der Waals surface area contributed by atoms with Crippen molar-refractivity contribution in [3.05, 3.63) is 12.7 Å². The molecule has 2 saturated carbocycles. The molecular formula is C19H29NO3. The summed E-state index contributed by atoms with van der Waals surface area (Å²) in [5.74, 6) is 2.34. The van der Waals surface area contributed by atoms with Crippen molar-refractivity contribution in [2.45, 2.75) is 63.9 Å². The van der Waals surface area contributed by atoms with Crippen molar-refractivity contribution in [2.75, 3.05) is 13.1 Å². The molecule has 3 rings (SSSR count). The Morgan fingerprint density at radius 1 is 1.43 bits per heavy atom. The van der Waals surface area contributed by atoms with Crippen LogP contribution >= 0.6 is 0 Å². The third kappa shape index (κ3) is 3.78. The van der Waals surface area contributed by atoms with Gasteiger partial charge in [0.2, 0.25) is 5.91 Å². The molecule has 0 radical (unpaired) electrons. The first-order valence-electron chi connectivity index (χ1n) is 9.12. The average Bonchev–Trinajstić information content (AvgIpc) is 3.22. The van der Waals surface area contributed by atoms with Crippen LogP contribution in [-0.4, -0.2) is 35.5 Å². The number of carbonyl (C=O) groups excluding carboxylic acids is 2. The fourth-order valence-corrected chi connectivity index (χ4v) is 4.79. The van der Waals surface area contributed by atoms with Gasteiger partial charge in [-0.25, -0.2) is 0 Å². The van der Waals surface area contributed by atoms with E-state index in [2.05, 4.69) is 6.58 Å². The standard InChI is InChI=1S/C19H29NO3/c1-3-19(2,13-16-12-14-6-7-15(16)11-14)23-18(22)8-10-20-9-4-5-17(20)21/h3,14-16H,1,4-13H2,2H3/t14-,15-,16+,19-/m0/s1. The van der Waals surface area contributed by atoms with Gasteiger partial charge in [-0.3, -0.25) is 9.59 Å². The van der Waals surface area contributed by atoms with Gasteiger partial charge < -0.3 is 9.64 Å². The van der Waals surface area contributed by atoms with Crippen LogP contribution in [0.4, 0.5) is 0 Å². The topological polar surface area (TPSA) is 46.6 Å². The highest BCUT2D eigenvalue weighted by molar-refractivity contribution is 5.79. The van der Waals surface area contributed by atoms with Gasteiger partial charge >= 0.3 is 5.97 Å². The molecule has 4 atom stereocenters. The molecule has 0 aromatic rings. The molecule has 1 amide bonds. The Morgan fingerprint density at radius 2 is 2.26 bits per heavy atom. The van der Waals surface area contributed by atoms with E-state index in [1.807, 2.05) is 6.92 Å². The van der Waals surface area contributed by atoms with Gasteiger partial charge in [-0.1, -0.05) is 13.0 Å². The van der Waals surface area contributed by atoms with Crippen LogP contribution in [0.25, 0.3) is 0 Å². The second kappa shape index (κ2) is 6.66. The summed E-state index contributed by atoms with van der Waals surface area (Å²) < 4.78 is 5.76. The minimum atomic E-state index is -0.568. The van der Waals surface area contributed by atoms with Gasteiger partial charge in [-0.05, 0) is 62.9 Å². The molecule has 0 unspecified atom stereocenters. The van der Waals surface area contributed by atoms with Crippen LogP contribution in [-0.2, 0) is 14.3 Å². The molecule has 4 heteroatoms. The SMILES string of the molecule is C=C[C@@](C)(C[C@H]1C[C@H]2CC[C@H]1C2)OC(=O)CCN1CCCC1=O. The van der Waals surface area contributed by atoms with Gasteiger partial charge in [0.05, 0.1) is 6.42 Å². The molecular weight excluding hydrogens is 290 g/mol. The number of ether oxygens (including phenoxy) is 1. The second-order valence-corrected chi connectivity index (χ2v) is 7.86. The molecule has 128 valence electrons. The van der Waals surface area contributed by atoms with Crippen LogP contribution in [0, 0.1) is 17.8 Å². The van der Waals surface area contributed by atoms with Crippen molar-refractivity contribution < 1.29 is 14.3 Å². The summed E-state index contributed by atoms with van der Waals surface area (Å²) in [7, 11) is 0. The highest BCUT2D eigenvalue weighted by Gasteiger charge is 2.42. The van der Waals surface area contributed by atoms with Crippen LogP contribution in [0.15, 0.2) is 12.7 Å². The van der Waals surface area contributed by atoms with E-state index in [1.54, 1.807) is 11.0 Å². The Labute approximate surface area is 139 Å². The van der Waals surface area contributed by atoms with E-state index in [0.717, 1.165) is 31.2 Å². The molecule has 2 bridgehead atoms. The zero-order valence-electron chi connectivity index (χ0n) is 14.3. The number of likely N-dealkylation sites (tertiary alicyclic amines) is 1. The van der Waals surface area contributed by atoms with Crippen LogP contribution in [0.2, 0.25) is 0 Å². The molecule has 4 nitrogen and oxygen atoms in total. The van der Waals surface area contributed by atoms with E-state index < -0.39 is 5.60 Å². The first-order valence-corrected chi connectivity index (χ1v) is 9.12. The lowest BCUT2D eigenvalue weighted by Crippen LogP contribution is -2.35. The first-order chi connectivity index (χ1) is 11.0. The number of esters is 1. The number of hydrogen-bond donors (Lipinski definition) is 0. The van der Waals surface area contributed by atoms with Crippen LogP contribution < -0.4 is 0 Å². The van der Waals surface area contributed by atoms with E-state index in [-0.39, 0.29) is 18.3 Å². The maximum atomic E-state index is 12.2. The largest absolute Gasteiger partial charge is 0.455 e. The van der Waals surface area contributed by atoms with Crippen LogP contribution in [0.3, 0.4) is 0 Å². The summed E-state index contributed by atoms with van der Waals surface area (Å²) in [6.45, 7) is 7.13. The van der Waals surface area contributed by atoms with Gasteiger partial charge in [-0.15, -0.1) is 0 Å². The Balaban J connectivity index is 1.48. The molecule has 0 aromatic carbocycles. The lowest BCUT2D eigenvalue weighted by molar-refractivity contribution is -0.155. The Morgan fingerprint density at radius 3 is 2.83 bits per heavy atom. The third-order valence-corrected chi connectivity index (χ3v) is 6.09. The average molecular weight is 319 g/mol. The van der Waals surface area contributed by atoms with E-state index >= 15 is 0 Å². The molecule has 1 aliphatic heterocycles. The number of carbonyl (C=O) groups is 2. The minimum absolute atomic E-state index is 0.159. The normalized spacial score (nSPS) is 32.1. The molecule has 3 fully saturated rings. The third-order valence-electron chi connectivity index (χ3n) is 6.09. The summed E-state index contributed by atoms with van der Waals surface area (Å²) in [5.41, 5.74) is -0.568. The minimum Gasteiger partial charge on any atom is -0.455 e. The Bertz CT molecular complexity index is 489. The fraction of sp³-hybridized carbons (Fsp3) is 0.789. The van der Waals surface area contributed by atoms with Gasteiger partial charge in [0.1, 0.15) is 5.60 Å². The molecule has 2 aliphatic carbocycles. The monoisotopic (exact) mass is 319 g/mol. The summed E-state index contributed by atoms with van der Waals surface area (Å²) in [6, 6.07) is 0. The predicted octanol–water partition coefficient (Wildman–Crippen LogP) is 3.31. The number of rotatable bonds is 7. The van der Waals surface area contributed by atoms with E-state index in [4.69, 9.17) is 4.74 Å². The molecule has 0 N–H and O–H groups in total. The fourth-order valence-electron chi connectivity index (χ4n) is 4.79. The number of fused-ring (bicyclic) bond motifs is 2. The van der Waals surface area contributed by atoms with Crippen molar-refractivity contribution in [2.24, 2.45) is 17.8 Å². The maximum Gasteiger partial charge on any atom is 0.308 e. The van der Waals surface area contributed by atoms with Gasteiger partial charge in [0, 0.05) is 19.5 Å². The first kappa shape index (κ1) is 16.5. The number of amides is 1. The zero-order valence-corrected chi connectivity index (χ0v) is 14.3. The molecule has 3 aliphatic rings. The molecule has 0 aromatic heterocycles. The van der Waals surface area contributed by atoms with E-state index in [9.17, 15) is 9.59 Å². The second-order valence-electron chi connectivity index (χ2n) is 7.86. The van der Waals surface area contributed by atoms with Gasteiger partial charge in [-0.2, -0.15) is 0 Å². The van der Waals surface area contributed by atoms with Crippen molar-refractivity contribution in [1.82, 2.24) is 4.90 Å². The molecule has 1 saturated heterocycles. The molecule has 0 spiro atoms. The lowest BCUT2D eigenvalue weighted by Gasteiger charge is -2.32. The van der Waals surface area contributed by atoms with Crippen molar-refractivity contribution in [1.29, 1.82) is 0 Å². The van der Waals surface area contributed by atoms with E-state index in [0.29, 0.717) is 18.9 Å². The number of hydrogen-bond acceptors (Lipinski definition) is 3. The summed E-state index contributed by atoms with van der Waals surface area (Å²) in [5, 5.41) is 0. The lowest BCUT2D eigenvalue weighted by atomic mass is 9.81. The molecule has 1 heterocycles. The Kier molecular flexibility index (Phi) is 4.79. The van der Waals surface area contributed by atoms with Crippen molar-refractivity contribution in [3.8, 4) is 0 Å². The molecule has 23 heavy (non-hydrogen) atoms. The summed E-state index contributed by atoms with van der Waals surface area (Å²) in [4.78, 5) is 25.6. The summed E-state index contributed by atoms with van der Waals surface area (Å²) >= 11 is 0. The van der Waals surface area contributed by atoms with Gasteiger partial charge in [0.25, 0.3) is 0 Å². The van der Waals surface area contributed by atoms with Gasteiger partial charge in [0.15, 0.2) is 0 Å². The van der Waals surface area contributed by atoms with Crippen LogP contribution in [0.5, 0.6) is 0 Å². The highest BCUT2D eigenvalue weighted by atomic mass is 16.6. The Hall–Kier alpha value is -1.32. The van der Waals surface area contributed by atoms with Crippen LogP contribution in [0.1, 0.15) is 58.3 Å².